The van der Waals surface area contributed by atoms with Crippen molar-refractivity contribution in [3.63, 3.8) is 0 Å². The molecular weight excluding hydrogens is 198 g/mol. The fourth-order valence-electron chi connectivity index (χ4n) is 0.798. The average molecular weight is 206 g/mol. The van der Waals surface area contributed by atoms with Crippen LogP contribution in [0.4, 0.5) is 5.69 Å². The van der Waals surface area contributed by atoms with Gasteiger partial charge in [0, 0.05) is 17.0 Å². The van der Waals surface area contributed by atoms with E-state index in [1.807, 2.05) is 0 Å². The summed E-state index contributed by atoms with van der Waals surface area (Å²) in [5.41, 5.74) is 5.76. The molecule has 3 nitrogen and oxygen atoms in total. The van der Waals surface area contributed by atoms with Crippen LogP contribution < -0.4 is 5.73 Å². The number of anilines is 1. The van der Waals surface area contributed by atoms with Crippen molar-refractivity contribution < 1.29 is 8.42 Å². The van der Waals surface area contributed by atoms with Crippen molar-refractivity contribution in [1.29, 1.82) is 0 Å². The second kappa shape index (κ2) is 2.95. The van der Waals surface area contributed by atoms with E-state index in [2.05, 4.69) is 0 Å². The van der Waals surface area contributed by atoms with Crippen LogP contribution in [0.25, 0.3) is 0 Å². The van der Waals surface area contributed by atoms with Gasteiger partial charge in [-0.25, -0.2) is 8.42 Å². The third-order valence-electron chi connectivity index (χ3n) is 1.32. The number of benzene rings is 1. The van der Waals surface area contributed by atoms with Crippen LogP contribution in [0.15, 0.2) is 23.1 Å². The third-order valence-corrected chi connectivity index (χ3v) is 2.63. The highest BCUT2D eigenvalue weighted by atomic mass is 35.5. The highest BCUT2D eigenvalue weighted by Crippen LogP contribution is 2.19. The minimum atomic E-state index is -3.21. The Bertz CT molecular complexity index is 380. The molecule has 0 fully saturated rings. The maximum Gasteiger partial charge on any atom is 0.175 e. The van der Waals surface area contributed by atoms with Crippen LogP contribution in [0.3, 0.4) is 0 Å². The van der Waals surface area contributed by atoms with Crippen LogP contribution in [0, 0.1) is 0 Å². The zero-order chi connectivity index (χ0) is 9.35. The van der Waals surface area contributed by atoms with Crippen LogP contribution >= 0.6 is 11.6 Å². The van der Waals surface area contributed by atoms with Crippen molar-refractivity contribution in [2.45, 2.75) is 4.90 Å². The second-order valence-corrected chi connectivity index (χ2v) is 4.94. The van der Waals surface area contributed by atoms with E-state index in [1.165, 1.54) is 18.2 Å². The van der Waals surface area contributed by atoms with Crippen molar-refractivity contribution in [2.24, 2.45) is 0 Å². The smallest absolute Gasteiger partial charge is 0.175 e. The van der Waals surface area contributed by atoms with Crippen molar-refractivity contribution >= 4 is 27.1 Å². The highest BCUT2D eigenvalue weighted by Gasteiger charge is 2.07. The zero-order valence-electron chi connectivity index (χ0n) is 6.41. The van der Waals surface area contributed by atoms with Crippen LogP contribution in [0.5, 0.6) is 0 Å². The van der Waals surface area contributed by atoms with Crippen molar-refractivity contribution in [1.82, 2.24) is 0 Å². The summed E-state index contributed by atoms with van der Waals surface area (Å²) < 4.78 is 22.0. The maximum atomic E-state index is 11.0. The van der Waals surface area contributed by atoms with Gasteiger partial charge in [0.25, 0.3) is 0 Å². The van der Waals surface area contributed by atoms with Crippen LogP contribution in [-0.4, -0.2) is 14.7 Å². The minimum absolute atomic E-state index is 0.146. The van der Waals surface area contributed by atoms with Gasteiger partial charge in [0.1, 0.15) is 0 Å². The Labute approximate surface area is 76.1 Å². The molecule has 0 aliphatic heterocycles. The Morgan fingerprint density at radius 3 is 2.33 bits per heavy atom. The van der Waals surface area contributed by atoms with Gasteiger partial charge in [-0.3, -0.25) is 0 Å². The number of nitrogen functional groups attached to an aromatic ring is 1. The molecule has 0 bridgehead atoms. The summed E-state index contributed by atoms with van der Waals surface area (Å²) >= 11 is 5.61. The van der Waals surface area contributed by atoms with Gasteiger partial charge >= 0.3 is 0 Å². The molecule has 5 heteroatoms. The Morgan fingerprint density at radius 1 is 1.33 bits per heavy atom. The van der Waals surface area contributed by atoms with E-state index in [1.54, 1.807) is 0 Å². The lowest BCUT2D eigenvalue weighted by atomic mass is 10.3. The highest BCUT2D eigenvalue weighted by molar-refractivity contribution is 7.90. The van der Waals surface area contributed by atoms with Crippen molar-refractivity contribution in [3.05, 3.63) is 23.2 Å². The first-order chi connectivity index (χ1) is 5.39. The third kappa shape index (κ3) is 2.12. The predicted molar refractivity (Wildman–Crippen MR) is 49.0 cm³/mol. The normalized spacial score (nSPS) is 11.5. The molecule has 0 aliphatic carbocycles. The van der Waals surface area contributed by atoms with Crippen LogP contribution in [-0.2, 0) is 9.84 Å². The minimum Gasteiger partial charge on any atom is -0.399 e. The van der Waals surface area contributed by atoms with Gasteiger partial charge in [0.05, 0.1) is 4.90 Å². The van der Waals surface area contributed by atoms with E-state index in [0.717, 1.165) is 6.26 Å². The molecule has 66 valence electrons. The van der Waals surface area contributed by atoms with E-state index >= 15 is 0 Å². The van der Waals surface area contributed by atoms with Gasteiger partial charge in [0.2, 0.25) is 0 Å². The Kier molecular flexibility index (Phi) is 2.30. The van der Waals surface area contributed by atoms with Gasteiger partial charge in [-0.15, -0.1) is 0 Å². The molecule has 1 aromatic rings. The van der Waals surface area contributed by atoms with E-state index in [4.69, 9.17) is 17.3 Å². The molecule has 0 amide bonds. The van der Waals surface area contributed by atoms with Crippen LogP contribution in [0.2, 0.25) is 5.02 Å². The van der Waals surface area contributed by atoms with Gasteiger partial charge < -0.3 is 5.73 Å². The Morgan fingerprint density at radius 2 is 1.92 bits per heavy atom. The van der Waals surface area contributed by atoms with E-state index in [9.17, 15) is 8.42 Å². The molecule has 1 rings (SSSR count). The number of hydrogen-bond acceptors (Lipinski definition) is 3. The topological polar surface area (TPSA) is 60.2 Å². The molecular formula is C7H8ClNO2S. The lowest BCUT2D eigenvalue weighted by molar-refractivity contribution is 0.602. The molecule has 0 unspecified atom stereocenters. The molecule has 0 heterocycles. The summed E-state index contributed by atoms with van der Waals surface area (Å²) in [7, 11) is -3.21. The molecule has 12 heavy (non-hydrogen) atoms. The number of sulfone groups is 1. The lowest BCUT2D eigenvalue weighted by Gasteiger charge is -2.00. The molecule has 2 N–H and O–H groups in total. The van der Waals surface area contributed by atoms with Gasteiger partial charge in [-0.2, -0.15) is 0 Å². The Hall–Kier alpha value is -0.740. The lowest BCUT2D eigenvalue weighted by Crippen LogP contribution is -1.98. The first-order valence-electron chi connectivity index (χ1n) is 3.16. The van der Waals surface area contributed by atoms with Gasteiger partial charge in [-0.1, -0.05) is 11.6 Å². The number of hydrogen-bond donors (Lipinski definition) is 1. The van der Waals surface area contributed by atoms with E-state index < -0.39 is 9.84 Å². The first kappa shape index (κ1) is 9.35. The molecule has 0 radical (unpaired) electrons. The number of rotatable bonds is 1. The summed E-state index contributed by atoms with van der Waals surface area (Å²) in [5.74, 6) is 0. The van der Waals surface area contributed by atoms with E-state index in [-0.39, 0.29) is 4.90 Å². The van der Waals surface area contributed by atoms with Crippen molar-refractivity contribution in [3.8, 4) is 0 Å². The van der Waals surface area contributed by atoms with Crippen LogP contribution in [0.1, 0.15) is 0 Å². The Balaban J connectivity index is 3.37. The van der Waals surface area contributed by atoms with E-state index in [0.29, 0.717) is 10.7 Å². The maximum absolute atomic E-state index is 11.0. The van der Waals surface area contributed by atoms with Gasteiger partial charge in [-0.05, 0) is 18.2 Å². The predicted octanol–water partition coefficient (Wildman–Crippen LogP) is 1.33. The standard InChI is InChI=1S/C7H8ClNO2S/c1-12(10,11)7-3-5(8)2-6(9)4-7/h2-4H,9H2,1H3. The number of nitrogens with two attached hydrogens (primary N) is 1. The zero-order valence-corrected chi connectivity index (χ0v) is 7.98. The fraction of sp³-hybridized carbons (Fsp3) is 0.143. The SMILES string of the molecule is CS(=O)(=O)c1cc(N)cc(Cl)c1. The average Bonchev–Trinajstić information content (AvgIpc) is 1.82. The molecule has 0 aliphatic rings. The second-order valence-electron chi connectivity index (χ2n) is 2.49. The number of halogens is 1. The van der Waals surface area contributed by atoms with Crippen molar-refractivity contribution in [2.75, 3.05) is 12.0 Å². The summed E-state index contributed by atoms with van der Waals surface area (Å²) in [5, 5.41) is 0.329. The fourth-order valence-corrected chi connectivity index (χ4v) is 1.80. The van der Waals surface area contributed by atoms with Gasteiger partial charge in [0.15, 0.2) is 9.84 Å². The molecule has 0 spiro atoms. The quantitative estimate of drug-likeness (QED) is 0.704. The molecule has 1 aromatic carbocycles. The molecule has 0 saturated heterocycles. The summed E-state index contributed by atoms with van der Waals surface area (Å²) in [6.45, 7) is 0. The largest absolute Gasteiger partial charge is 0.399 e. The molecule has 0 atom stereocenters. The monoisotopic (exact) mass is 205 g/mol. The summed E-state index contributed by atoms with van der Waals surface area (Å²) in [4.78, 5) is 0.146. The molecule has 0 saturated carbocycles. The molecule has 0 aromatic heterocycles. The summed E-state index contributed by atoms with van der Waals surface area (Å²) in [6, 6.07) is 4.24. The summed E-state index contributed by atoms with van der Waals surface area (Å²) in [6.07, 6.45) is 1.11. The first-order valence-corrected chi connectivity index (χ1v) is 5.42.